The van der Waals surface area contributed by atoms with Crippen molar-refractivity contribution in [3.8, 4) is 0 Å². The highest BCUT2D eigenvalue weighted by atomic mass is 28.4. The summed E-state index contributed by atoms with van der Waals surface area (Å²) in [6, 6.07) is 1.26. The van der Waals surface area contributed by atoms with Crippen molar-refractivity contribution in [1.29, 1.82) is 0 Å². The van der Waals surface area contributed by atoms with Crippen molar-refractivity contribution >= 4 is 8.32 Å². The standard InChI is InChI=1S/C12H28N2OSi/c1-5-6-13-7-9-14(10-8-13)11-12-16(3,4)15-2/h5-12H2,1-4H3. The van der Waals surface area contributed by atoms with Gasteiger partial charge < -0.3 is 14.2 Å². The van der Waals surface area contributed by atoms with Gasteiger partial charge in [-0.25, -0.2) is 0 Å². The minimum Gasteiger partial charge on any atom is -0.420 e. The fourth-order valence-electron chi connectivity index (χ4n) is 2.08. The molecule has 0 radical (unpaired) electrons. The number of rotatable bonds is 6. The molecule has 0 spiro atoms. The SMILES string of the molecule is CCCN1CCN(CC[Si](C)(C)OC)CC1. The zero-order valence-electron chi connectivity index (χ0n) is 11.5. The molecule has 1 saturated heterocycles. The fourth-order valence-corrected chi connectivity index (χ4v) is 3.14. The summed E-state index contributed by atoms with van der Waals surface area (Å²) < 4.78 is 5.59. The van der Waals surface area contributed by atoms with Crippen molar-refractivity contribution < 1.29 is 4.43 Å². The van der Waals surface area contributed by atoms with E-state index in [0.29, 0.717) is 0 Å². The van der Waals surface area contributed by atoms with Gasteiger partial charge >= 0.3 is 0 Å². The lowest BCUT2D eigenvalue weighted by molar-refractivity contribution is 0.136. The molecule has 1 rings (SSSR count). The second-order valence-corrected chi connectivity index (χ2v) is 9.82. The van der Waals surface area contributed by atoms with Crippen molar-refractivity contribution in [2.45, 2.75) is 32.5 Å². The van der Waals surface area contributed by atoms with Gasteiger partial charge in [-0.15, -0.1) is 0 Å². The Hall–Kier alpha value is 0.0969. The zero-order chi connectivity index (χ0) is 12.0. The Balaban J connectivity index is 2.17. The molecule has 96 valence electrons. The third-order valence-electron chi connectivity index (χ3n) is 3.59. The van der Waals surface area contributed by atoms with Gasteiger partial charge in [-0.1, -0.05) is 6.92 Å². The molecule has 0 amide bonds. The zero-order valence-corrected chi connectivity index (χ0v) is 12.5. The van der Waals surface area contributed by atoms with E-state index in [1.165, 1.54) is 51.7 Å². The molecule has 0 atom stereocenters. The molecule has 1 aliphatic heterocycles. The molecule has 1 aliphatic rings. The number of hydrogen-bond acceptors (Lipinski definition) is 3. The van der Waals surface area contributed by atoms with E-state index in [1.54, 1.807) is 0 Å². The van der Waals surface area contributed by atoms with Gasteiger partial charge in [-0.2, -0.15) is 0 Å². The molecule has 0 bridgehead atoms. The summed E-state index contributed by atoms with van der Waals surface area (Å²) in [5, 5.41) is 0. The van der Waals surface area contributed by atoms with Crippen LogP contribution in [0.1, 0.15) is 13.3 Å². The first-order valence-corrected chi connectivity index (χ1v) is 9.69. The number of hydrogen-bond donors (Lipinski definition) is 0. The van der Waals surface area contributed by atoms with E-state index in [1.807, 2.05) is 7.11 Å². The van der Waals surface area contributed by atoms with Crippen molar-refractivity contribution in [3.05, 3.63) is 0 Å². The summed E-state index contributed by atoms with van der Waals surface area (Å²) in [7, 11) is 0.518. The number of piperazine rings is 1. The molecule has 0 aromatic heterocycles. The van der Waals surface area contributed by atoms with Crippen LogP contribution in [0.5, 0.6) is 0 Å². The molecule has 0 aromatic rings. The maximum atomic E-state index is 5.59. The molecular formula is C12H28N2OSi. The van der Waals surface area contributed by atoms with Gasteiger partial charge in [0.25, 0.3) is 0 Å². The van der Waals surface area contributed by atoms with Crippen LogP contribution in [0.4, 0.5) is 0 Å². The van der Waals surface area contributed by atoms with Crippen molar-refractivity contribution in [2.24, 2.45) is 0 Å². The predicted octanol–water partition coefficient (Wildman–Crippen LogP) is 1.87. The number of nitrogens with zero attached hydrogens (tertiary/aromatic N) is 2. The topological polar surface area (TPSA) is 15.7 Å². The van der Waals surface area contributed by atoms with E-state index in [4.69, 9.17) is 4.43 Å². The van der Waals surface area contributed by atoms with E-state index < -0.39 is 8.32 Å². The van der Waals surface area contributed by atoms with Crippen LogP contribution >= 0.6 is 0 Å². The highest BCUT2D eigenvalue weighted by molar-refractivity contribution is 6.71. The highest BCUT2D eigenvalue weighted by Gasteiger charge is 2.23. The lowest BCUT2D eigenvalue weighted by Crippen LogP contribution is -2.47. The molecule has 3 nitrogen and oxygen atoms in total. The maximum absolute atomic E-state index is 5.59. The summed E-state index contributed by atoms with van der Waals surface area (Å²) in [6.45, 7) is 14.4. The second kappa shape index (κ2) is 6.74. The van der Waals surface area contributed by atoms with E-state index in [0.717, 1.165) is 0 Å². The smallest absolute Gasteiger partial charge is 0.187 e. The molecule has 0 N–H and O–H groups in total. The summed E-state index contributed by atoms with van der Waals surface area (Å²) in [5.41, 5.74) is 0. The molecule has 1 fully saturated rings. The molecule has 16 heavy (non-hydrogen) atoms. The van der Waals surface area contributed by atoms with Crippen LogP contribution < -0.4 is 0 Å². The largest absolute Gasteiger partial charge is 0.420 e. The minimum atomic E-state index is -1.35. The Morgan fingerprint density at radius 2 is 1.50 bits per heavy atom. The van der Waals surface area contributed by atoms with Crippen LogP contribution in [-0.2, 0) is 4.43 Å². The van der Waals surface area contributed by atoms with Crippen LogP contribution in [0.25, 0.3) is 0 Å². The monoisotopic (exact) mass is 244 g/mol. The van der Waals surface area contributed by atoms with Crippen LogP contribution in [0.15, 0.2) is 0 Å². The van der Waals surface area contributed by atoms with Crippen molar-refractivity contribution in [3.63, 3.8) is 0 Å². The van der Waals surface area contributed by atoms with Crippen LogP contribution in [0.2, 0.25) is 19.1 Å². The quantitative estimate of drug-likeness (QED) is 0.663. The van der Waals surface area contributed by atoms with Crippen LogP contribution in [0.3, 0.4) is 0 Å². The van der Waals surface area contributed by atoms with Gasteiger partial charge in [0.1, 0.15) is 0 Å². The Kier molecular flexibility index (Phi) is 5.96. The molecule has 0 aromatic carbocycles. The minimum absolute atomic E-state index is 1.23. The lowest BCUT2D eigenvalue weighted by atomic mass is 10.3. The van der Waals surface area contributed by atoms with Gasteiger partial charge in [0.15, 0.2) is 8.32 Å². The van der Waals surface area contributed by atoms with E-state index in [-0.39, 0.29) is 0 Å². The molecule has 4 heteroatoms. The van der Waals surface area contributed by atoms with Gasteiger partial charge in [0.05, 0.1) is 0 Å². The predicted molar refractivity (Wildman–Crippen MR) is 72.5 cm³/mol. The Morgan fingerprint density at radius 3 is 1.94 bits per heavy atom. The summed E-state index contributed by atoms with van der Waals surface area (Å²) in [5.74, 6) is 0. The maximum Gasteiger partial charge on any atom is 0.187 e. The fraction of sp³-hybridized carbons (Fsp3) is 1.00. The van der Waals surface area contributed by atoms with E-state index in [2.05, 4.69) is 29.8 Å². The van der Waals surface area contributed by atoms with Crippen LogP contribution in [-0.4, -0.2) is 64.5 Å². The summed E-state index contributed by atoms with van der Waals surface area (Å²) in [4.78, 5) is 5.18. The Labute approximate surface area is 102 Å². The van der Waals surface area contributed by atoms with Crippen molar-refractivity contribution in [2.75, 3.05) is 46.4 Å². The molecule has 0 unspecified atom stereocenters. The molecule has 1 heterocycles. The second-order valence-electron chi connectivity index (χ2n) is 5.40. The average molecular weight is 244 g/mol. The van der Waals surface area contributed by atoms with Crippen molar-refractivity contribution in [1.82, 2.24) is 9.80 Å². The Bertz CT molecular complexity index is 191. The first-order chi connectivity index (χ1) is 7.57. The average Bonchev–Trinajstić information content (AvgIpc) is 2.29. The highest BCUT2D eigenvalue weighted by Crippen LogP contribution is 2.12. The van der Waals surface area contributed by atoms with E-state index in [9.17, 15) is 0 Å². The van der Waals surface area contributed by atoms with Gasteiger partial charge in [-0.3, -0.25) is 0 Å². The van der Waals surface area contributed by atoms with Gasteiger partial charge in [-0.05, 0) is 38.6 Å². The normalized spacial score (nSPS) is 20.2. The third-order valence-corrected chi connectivity index (χ3v) is 6.12. The first-order valence-electron chi connectivity index (χ1n) is 6.57. The van der Waals surface area contributed by atoms with Gasteiger partial charge in [0, 0.05) is 33.3 Å². The summed E-state index contributed by atoms with van der Waals surface area (Å²) >= 11 is 0. The van der Waals surface area contributed by atoms with E-state index >= 15 is 0 Å². The summed E-state index contributed by atoms with van der Waals surface area (Å²) in [6.07, 6.45) is 1.28. The first kappa shape index (κ1) is 14.2. The van der Waals surface area contributed by atoms with Crippen LogP contribution in [0, 0.1) is 0 Å². The molecule has 0 saturated carbocycles. The lowest BCUT2D eigenvalue weighted by Gasteiger charge is -2.35. The van der Waals surface area contributed by atoms with Gasteiger partial charge in [0.2, 0.25) is 0 Å². The molecule has 0 aliphatic carbocycles. The third kappa shape index (κ3) is 4.95. The molecular weight excluding hydrogens is 216 g/mol. The Morgan fingerprint density at radius 1 is 1.00 bits per heavy atom.